The Hall–Kier alpha value is -0.610. The number of likely N-dealkylation sites (tertiary alicyclic amines) is 1. The van der Waals surface area contributed by atoms with Gasteiger partial charge in [-0.25, -0.2) is 0 Å². The molecule has 0 bridgehead atoms. The molecule has 1 aromatic carbocycles. The summed E-state index contributed by atoms with van der Waals surface area (Å²) in [4.78, 5) is 2.33. The molecule has 1 aliphatic rings. The summed E-state index contributed by atoms with van der Waals surface area (Å²) in [6.07, 6.45) is 1.87. The summed E-state index contributed by atoms with van der Waals surface area (Å²) in [7, 11) is 0. The number of halogens is 1. The van der Waals surface area contributed by atoms with Gasteiger partial charge >= 0.3 is 0 Å². The highest BCUT2D eigenvalue weighted by Gasteiger charge is 2.31. The highest BCUT2D eigenvalue weighted by molar-refractivity contribution is 6.31. The van der Waals surface area contributed by atoms with Crippen molar-refractivity contribution >= 4 is 11.6 Å². The van der Waals surface area contributed by atoms with E-state index in [0.717, 1.165) is 44.0 Å². The third kappa shape index (κ3) is 4.19. The molecular weight excluding hydrogens is 272 g/mol. The molecule has 20 heavy (non-hydrogen) atoms. The van der Waals surface area contributed by atoms with E-state index in [1.54, 1.807) is 0 Å². The van der Waals surface area contributed by atoms with Crippen LogP contribution in [0.15, 0.2) is 24.3 Å². The topological polar surface area (TPSA) is 35.5 Å². The number of nitrogens with one attached hydrogen (secondary N) is 1. The van der Waals surface area contributed by atoms with Crippen LogP contribution in [0.25, 0.3) is 0 Å². The normalized spacial score (nSPS) is 25.0. The van der Waals surface area contributed by atoms with Crippen LogP contribution in [0.3, 0.4) is 0 Å². The molecule has 0 amide bonds. The molecule has 2 rings (SSSR count). The maximum absolute atomic E-state index is 10.0. The number of benzene rings is 1. The van der Waals surface area contributed by atoms with Gasteiger partial charge in [-0.15, -0.1) is 0 Å². The molecule has 3 nitrogen and oxygen atoms in total. The second-order valence-corrected chi connectivity index (χ2v) is 6.35. The lowest BCUT2D eigenvalue weighted by molar-refractivity contribution is 0.0683. The third-order valence-corrected chi connectivity index (χ3v) is 4.34. The Morgan fingerprint density at radius 1 is 1.45 bits per heavy atom. The molecule has 0 radical (unpaired) electrons. The summed E-state index contributed by atoms with van der Waals surface area (Å²) in [6.45, 7) is 7.70. The van der Waals surface area contributed by atoms with Crippen LogP contribution in [-0.2, 0) is 0 Å². The summed E-state index contributed by atoms with van der Waals surface area (Å²) >= 11 is 6.30. The summed E-state index contributed by atoms with van der Waals surface area (Å²) in [5, 5.41) is 14.4. The standard InChI is InChI=1S/C16H25ClN2O/c1-3-18-15(13-6-4-5-7-14(13)17)8-10-19-11-9-16(2,20)12-19/h4-7,15,18,20H,3,8-12H2,1-2H3. The number of hydrogen-bond donors (Lipinski definition) is 2. The van der Waals surface area contributed by atoms with Gasteiger partial charge in [-0.1, -0.05) is 36.7 Å². The number of hydrogen-bond acceptors (Lipinski definition) is 3. The monoisotopic (exact) mass is 296 g/mol. The minimum absolute atomic E-state index is 0.277. The molecule has 1 aromatic rings. The third-order valence-electron chi connectivity index (χ3n) is 4.00. The molecule has 2 unspecified atom stereocenters. The van der Waals surface area contributed by atoms with Gasteiger partial charge in [0.1, 0.15) is 0 Å². The van der Waals surface area contributed by atoms with E-state index in [1.807, 2.05) is 25.1 Å². The SMILES string of the molecule is CCNC(CCN1CCC(C)(O)C1)c1ccccc1Cl. The molecule has 1 fully saturated rings. The fraction of sp³-hybridized carbons (Fsp3) is 0.625. The Balaban J connectivity index is 1.95. The van der Waals surface area contributed by atoms with E-state index in [0.29, 0.717) is 0 Å². The van der Waals surface area contributed by atoms with E-state index in [1.165, 1.54) is 5.56 Å². The zero-order valence-corrected chi connectivity index (χ0v) is 13.2. The Kier molecular flexibility index (Phi) is 5.44. The first-order valence-corrected chi connectivity index (χ1v) is 7.82. The van der Waals surface area contributed by atoms with Crippen molar-refractivity contribution in [3.8, 4) is 0 Å². The fourth-order valence-electron chi connectivity index (χ4n) is 2.91. The first kappa shape index (κ1) is 15.8. The maximum Gasteiger partial charge on any atom is 0.0758 e. The number of rotatable bonds is 6. The fourth-order valence-corrected chi connectivity index (χ4v) is 3.18. The second-order valence-electron chi connectivity index (χ2n) is 5.94. The van der Waals surface area contributed by atoms with Gasteiger partial charge in [0, 0.05) is 30.7 Å². The van der Waals surface area contributed by atoms with Crippen molar-refractivity contribution in [1.82, 2.24) is 10.2 Å². The highest BCUT2D eigenvalue weighted by atomic mass is 35.5. The van der Waals surface area contributed by atoms with E-state index in [2.05, 4.69) is 23.2 Å². The van der Waals surface area contributed by atoms with Crippen LogP contribution >= 0.6 is 11.6 Å². The average molecular weight is 297 g/mol. The van der Waals surface area contributed by atoms with Gasteiger partial charge in [-0.05, 0) is 37.9 Å². The molecule has 2 N–H and O–H groups in total. The first-order chi connectivity index (χ1) is 9.52. The van der Waals surface area contributed by atoms with Crippen molar-refractivity contribution in [1.29, 1.82) is 0 Å². The minimum atomic E-state index is -0.516. The van der Waals surface area contributed by atoms with Crippen molar-refractivity contribution < 1.29 is 5.11 Å². The largest absolute Gasteiger partial charge is 0.389 e. The number of nitrogens with zero attached hydrogens (tertiary/aromatic N) is 1. The molecule has 4 heteroatoms. The lowest BCUT2D eigenvalue weighted by Crippen LogP contribution is -2.32. The average Bonchev–Trinajstić information content (AvgIpc) is 2.75. The molecule has 1 aliphatic heterocycles. The predicted molar refractivity (Wildman–Crippen MR) is 84.2 cm³/mol. The van der Waals surface area contributed by atoms with Crippen molar-refractivity contribution in [3.63, 3.8) is 0 Å². The first-order valence-electron chi connectivity index (χ1n) is 7.44. The van der Waals surface area contributed by atoms with E-state index in [9.17, 15) is 5.11 Å². The second kappa shape index (κ2) is 6.90. The quantitative estimate of drug-likeness (QED) is 0.847. The summed E-state index contributed by atoms with van der Waals surface area (Å²) in [6, 6.07) is 8.32. The maximum atomic E-state index is 10.0. The van der Waals surface area contributed by atoms with Gasteiger partial charge in [0.2, 0.25) is 0 Å². The Bertz CT molecular complexity index is 436. The highest BCUT2D eigenvalue weighted by Crippen LogP contribution is 2.27. The Labute approximate surface area is 126 Å². The van der Waals surface area contributed by atoms with E-state index < -0.39 is 5.60 Å². The zero-order valence-electron chi connectivity index (χ0n) is 12.4. The van der Waals surface area contributed by atoms with Crippen molar-refractivity contribution in [2.45, 2.75) is 38.3 Å². The summed E-state index contributed by atoms with van der Waals surface area (Å²) < 4.78 is 0. The number of aliphatic hydroxyl groups is 1. The van der Waals surface area contributed by atoms with Gasteiger partial charge < -0.3 is 15.3 Å². The molecule has 112 valence electrons. The van der Waals surface area contributed by atoms with E-state index in [4.69, 9.17) is 11.6 Å². The molecule has 0 aliphatic carbocycles. The predicted octanol–water partition coefficient (Wildman–Crippen LogP) is 2.84. The molecule has 2 atom stereocenters. The van der Waals surface area contributed by atoms with Crippen LogP contribution < -0.4 is 5.32 Å². The van der Waals surface area contributed by atoms with Gasteiger partial charge in [0.05, 0.1) is 5.60 Å². The molecule has 1 heterocycles. The van der Waals surface area contributed by atoms with Crippen LogP contribution in [0.4, 0.5) is 0 Å². The van der Waals surface area contributed by atoms with Crippen molar-refractivity contribution in [2.75, 3.05) is 26.2 Å². The smallest absolute Gasteiger partial charge is 0.0758 e. The molecule has 0 spiro atoms. The molecule has 0 saturated carbocycles. The van der Waals surface area contributed by atoms with Crippen molar-refractivity contribution in [3.05, 3.63) is 34.9 Å². The van der Waals surface area contributed by atoms with Crippen LogP contribution in [-0.4, -0.2) is 41.8 Å². The van der Waals surface area contributed by atoms with Gasteiger partial charge in [0.25, 0.3) is 0 Å². The Morgan fingerprint density at radius 2 is 2.20 bits per heavy atom. The Morgan fingerprint density at radius 3 is 2.80 bits per heavy atom. The molecule has 1 saturated heterocycles. The minimum Gasteiger partial charge on any atom is -0.389 e. The summed E-state index contributed by atoms with van der Waals surface area (Å²) in [5.41, 5.74) is 0.653. The molecule has 0 aromatic heterocycles. The number of β-amino-alcohol motifs (C(OH)–C–C–N with tert-alkyl or cyclic N) is 1. The lowest BCUT2D eigenvalue weighted by Gasteiger charge is -2.24. The van der Waals surface area contributed by atoms with Crippen LogP contribution in [0.1, 0.15) is 38.3 Å². The zero-order chi connectivity index (χ0) is 14.6. The van der Waals surface area contributed by atoms with E-state index >= 15 is 0 Å². The summed E-state index contributed by atoms with van der Waals surface area (Å²) in [5.74, 6) is 0. The van der Waals surface area contributed by atoms with Gasteiger partial charge in [-0.2, -0.15) is 0 Å². The van der Waals surface area contributed by atoms with E-state index in [-0.39, 0.29) is 6.04 Å². The molecular formula is C16H25ClN2O. The van der Waals surface area contributed by atoms with Crippen LogP contribution in [0.5, 0.6) is 0 Å². The lowest BCUT2D eigenvalue weighted by atomic mass is 10.0. The van der Waals surface area contributed by atoms with Gasteiger partial charge in [-0.3, -0.25) is 0 Å². The van der Waals surface area contributed by atoms with Crippen LogP contribution in [0.2, 0.25) is 5.02 Å². The van der Waals surface area contributed by atoms with Gasteiger partial charge in [0.15, 0.2) is 0 Å². The van der Waals surface area contributed by atoms with Crippen LogP contribution in [0, 0.1) is 0 Å². The van der Waals surface area contributed by atoms with Crippen molar-refractivity contribution in [2.24, 2.45) is 0 Å².